The molecule has 0 radical (unpaired) electrons. The van der Waals surface area contributed by atoms with Crippen LogP contribution in [0.2, 0.25) is 0 Å². The predicted octanol–water partition coefficient (Wildman–Crippen LogP) is 4.62. The highest BCUT2D eigenvalue weighted by atomic mass is 19.4. The number of alkyl halides is 3. The van der Waals surface area contributed by atoms with Crippen molar-refractivity contribution in [3.63, 3.8) is 0 Å². The standard InChI is InChI=1S/C26H24F3N5O3/c27-26(28,29)22-21(32-24(37-22)17-6-2-1-3-7-17)23(35)31-19-10-11-20(30-16-19)33-12-14-34(15-13-33)25(36)18-8-4-5-9-18/h1-7,10-11,16,18H,8-9,12-15H2,(H,31,35). The highest BCUT2D eigenvalue weighted by Crippen LogP contribution is 2.35. The van der Waals surface area contributed by atoms with Crippen molar-refractivity contribution in [1.82, 2.24) is 14.9 Å². The van der Waals surface area contributed by atoms with Crippen LogP contribution in [0.25, 0.3) is 11.5 Å². The molecule has 2 aromatic heterocycles. The Morgan fingerprint density at radius 1 is 0.973 bits per heavy atom. The Morgan fingerprint density at radius 2 is 1.68 bits per heavy atom. The summed E-state index contributed by atoms with van der Waals surface area (Å²) in [6.45, 7) is 2.40. The number of allylic oxidation sites excluding steroid dienone is 2. The lowest BCUT2D eigenvalue weighted by Crippen LogP contribution is -2.50. The van der Waals surface area contributed by atoms with Gasteiger partial charge in [0.05, 0.1) is 11.9 Å². The lowest BCUT2D eigenvalue weighted by molar-refractivity contribution is -0.153. The quantitative estimate of drug-likeness (QED) is 0.503. The molecule has 0 unspecified atom stereocenters. The van der Waals surface area contributed by atoms with E-state index in [-0.39, 0.29) is 23.4 Å². The van der Waals surface area contributed by atoms with E-state index < -0.39 is 23.5 Å². The van der Waals surface area contributed by atoms with Gasteiger partial charge in [0, 0.05) is 37.7 Å². The van der Waals surface area contributed by atoms with Crippen LogP contribution < -0.4 is 10.2 Å². The number of anilines is 2. The van der Waals surface area contributed by atoms with Crippen LogP contribution in [0, 0.1) is 5.92 Å². The van der Waals surface area contributed by atoms with Gasteiger partial charge in [-0.05, 0) is 37.1 Å². The second-order valence-corrected chi connectivity index (χ2v) is 8.87. The largest absolute Gasteiger partial charge is 0.452 e. The Kier molecular flexibility index (Phi) is 6.68. The molecule has 1 aromatic carbocycles. The van der Waals surface area contributed by atoms with Crippen molar-refractivity contribution in [1.29, 1.82) is 0 Å². The molecule has 3 aromatic rings. The first kappa shape index (κ1) is 24.5. The van der Waals surface area contributed by atoms with Crippen LogP contribution in [0.4, 0.5) is 24.7 Å². The molecule has 1 N–H and O–H groups in total. The molecule has 3 heterocycles. The van der Waals surface area contributed by atoms with Gasteiger partial charge in [-0.1, -0.05) is 30.4 Å². The van der Waals surface area contributed by atoms with Crippen LogP contribution in [0.3, 0.4) is 0 Å². The summed E-state index contributed by atoms with van der Waals surface area (Å²) in [5.74, 6) is -1.95. The molecule has 0 atom stereocenters. The molecule has 1 aliphatic carbocycles. The topological polar surface area (TPSA) is 91.6 Å². The summed E-state index contributed by atoms with van der Waals surface area (Å²) < 4.78 is 45.6. The number of carbonyl (C=O) groups excluding carboxylic acids is 2. The van der Waals surface area contributed by atoms with Gasteiger partial charge in [0.15, 0.2) is 5.69 Å². The van der Waals surface area contributed by atoms with Crippen LogP contribution >= 0.6 is 0 Å². The summed E-state index contributed by atoms with van der Waals surface area (Å²) in [4.78, 5) is 37.4. The summed E-state index contributed by atoms with van der Waals surface area (Å²) in [6.07, 6.45) is 2.14. The zero-order valence-corrected chi connectivity index (χ0v) is 19.7. The average Bonchev–Trinajstić information content (AvgIpc) is 3.60. The Labute approximate surface area is 210 Å². The van der Waals surface area contributed by atoms with Crippen molar-refractivity contribution in [3.8, 4) is 11.5 Å². The molecule has 1 fully saturated rings. The van der Waals surface area contributed by atoms with Crippen molar-refractivity contribution < 1.29 is 27.2 Å². The lowest BCUT2D eigenvalue weighted by Gasteiger charge is -2.36. The van der Waals surface area contributed by atoms with E-state index in [1.807, 2.05) is 22.0 Å². The maximum atomic E-state index is 13.5. The number of nitrogens with one attached hydrogen (secondary N) is 1. The van der Waals surface area contributed by atoms with Crippen molar-refractivity contribution in [2.75, 3.05) is 36.4 Å². The zero-order valence-electron chi connectivity index (χ0n) is 19.7. The summed E-state index contributed by atoms with van der Waals surface area (Å²) in [6, 6.07) is 11.3. The van der Waals surface area contributed by atoms with E-state index in [2.05, 4.69) is 15.3 Å². The molecule has 37 heavy (non-hydrogen) atoms. The van der Waals surface area contributed by atoms with E-state index in [1.165, 1.54) is 18.3 Å². The number of halogens is 3. The normalized spacial score (nSPS) is 16.3. The predicted molar refractivity (Wildman–Crippen MR) is 130 cm³/mol. The monoisotopic (exact) mass is 511 g/mol. The van der Waals surface area contributed by atoms with Crippen molar-refractivity contribution >= 4 is 23.3 Å². The van der Waals surface area contributed by atoms with Gasteiger partial charge in [0.25, 0.3) is 5.91 Å². The minimum atomic E-state index is -4.90. The van der Waals surface area contributed by atoms with Gasteiger partial charge in [-0.15, -0.1) is 0 Å². The maximum absolute atomic E-state index is 13.5. The Balaban J connectivity index is 1.24. The number of hydrogen-bond acceptors (Lipinski definition) is 6. The number of amides is 2. The van der Waals surface area contributed by atoms with Crippen LogP contribution in [0.15, 0.2) is 65.2 Å². The smallest absolute Gasteiger partial charge is 0.431 e. The van der Waals surface area contributed by atoms with E-state index in [4.69, 9.17) is 4.42 Å². The highest BCUT2D eigenvalue weighted by Gasteiger charge is 2.42. The molecular formula is C26H24F3N5O3. The van der Waals surface area contributed by atoms with Gasteiger partial charge in [-0.3, -0.25) is 9.59 Å². The van der Waals surface area contributed by atoms with Crippen molar-refractivity contribution in [3.05, 3.63) is 72.3 Å². The van der Waals surface area contributed by atoms with E-state index >= 15 is 0 Å². The minimum Gasteiger partial charge on any atom is -0.431 e. The van der Waals surface area contributed by atoms with E-state index in [0.29, 0.717) is 37.6 Å². The minimum absolute atomic E-state index is 0.0407. The van der Waals surface area contributed by atoms with Gasteiger partial charge >= 0.3 is 6.18 Å². The first-order chi connectivity index (χ1) is 17.8. The second-order valence-electron chi connectivity index (χ2n) is 8.87. The van der Waals surface area contributed by atoms with Crippen LogP contribution in [-0.4, -0.2) is 52.9 Å². The van der Waals surface area contributed by atoms with Crippen molar-refractivity contribution in [2.24, 2.45) is 5.92 Å². The third-order valence-electron chi connectivity index (χ3n) is 6.40. The van der Waals surface area contributed by atoms with E-state index in [0.717, 1.165) is 12.8 Å². The molecule has 1 aliphatic heterocycles. The van der Waals surface area contributed by atoms with Gasteiger partial charge < -0.3 is 19.5 Å². The molecular weight excluding hydrogens is 487 g/mol. The number of aromatic nitrogens is 2. The third-order valence-corrected chi connectivity index (χ3v) is 6.40. The van der Waals surface area contributed by atoms with E-state index in [1.54, 1.807) is 30.3 Å². The molecule has 1 saturated heterocycles. The number of benzene rings is 1. The number of carbonyl (C=O) groups is 2. The number of pyridine rings is 1. The molecule has 0 saturated carbocycles. The van der Waals surface area contributed by atoms with Gasteiger partial charge in [-0.2, -0.15) is 13.2 Å². The first-order valence-corrected chi connectivity index (χ1v) is 11.9. The van der Waals surface area contributed by atoms with Gasteiger partial charge in [0.1, 0.15) is 5.82 Å². The van der Waals surface area contributed by atoms with Crippen molar-refractivity contribution in [2.45, 2.75) is 19.0 Å². The van der Waals surface area contributed by atoms with Crippen LogP contribution in [0.5, 0.6) is 0 Å². The Bertz CT molecular complexity index is 1290. The second kappa shape index (κ2) is 10.1. The fraction of sp³-hybridized carbons (Fsp3) is 0.308. The molecule has 192 valence electrons. The van der Waals surface area contributed by atoms with Gasteiger partial charge in [0.2, 0.25) is 17.6 Å². The van der Waals surface area contributed by atoms with E-state index in [9.17, 15) is 22.8 Å². The molecule has 0 bridgehead atoms. The molecule has 2 amide bonds. The summed E-state index contributed by atoms with van der Waals surface area (Å²) in [5, 5.41) is 2.42. The number of hydrogen-bond donors (Lipinski definition) is 1. The van der Waals surface area contributed by atoms with Crippen LogP contribution in [-0.2, 0) is 11.0 Å². The summed E-state index contributed by atoms with van der Waals surface area (Å²) in [7, 11) is 0. The zero-order chi connectivity index (χ0) is 26.0. The molecule has 2 aliphatic rings. The summed E-state index contributed by atoms with van der Waals surface area (Å²) >= 11 is 0. The Hall–Kier alpha value is -4.15. The van der Waals surface area contributed by atoms with Gasteiger partial charge in [-0.25, -0.2) is 9.97 Å². The van der Waals surface area contributed by atoms with Crippen LogP contribution in [0.1, 0.15) is 29.1 Å². The molecule has 0 spiro atoms. The average molecular weight is 512 g/mol. The maximum Gasteiger partial charge on any atom is 0.452 e. The number of oxazole rings is 1. The SMILES string of the molecule is O=C(Nc1ccc(N2CCN(C(=O)C3CC=CC3)CC2)nc1)c1nc(-c2ccccc2)oc1C(F)(F)F. The molecule has 11 heteroatoms. The fourth-order valence-corrected chi connectivity index (χ4v) is 4.44. The highest BCUT2D eigenvalue weighted by molar-refractivity contribution is 6.04. The molecule has 8 nitrogen and oxygen atoms in total. The third kappa shape index (κ3) is 5.35. The first-order valence-electron chi connectivity index (χ1n) is 11.9. The number of rotatable bonds is 5. The fourth-order valence-electron chi connectivity index (χ4n) is 4.44. The lowest BCUT2D eigenvalue weighted by atomic mass is 10.1. The summed E-state index contributed by atoms with van der Waals surface area (Å²) in [5.41, 5.74) is -0.317. The number of piperazine rings is 1. The number of nitrogens with zero attached hydrogens (tertiary/aromatic N) is 4. The molecule has 5 rings (SSSR count). The Morgan fingerprint density at radius 3 is 2.30 bits per heavy atom.